The smallest absolute Gasteiger partial charge is 0.140 e. The lowest BCUT2D eigenvalue weighted by Crippen LogP contribution is -3.00. The Morgan fingerprint density at radius 3 is 2.44 bits per heavy atom. The highest BCUT2D eigenvalue weighted by molar-refractivity contribution is 14.1. The van der Waals surface area contributed by atoms with Crippen LogP contribution >= 0.6 is 22.6 Å². The first-order valence-electron chi connectivity index (χ1n) is 8.21. The van der Waals surface area contributed by atoms with E-state index in [1.54, 1.807) is 6.33 Å². The highest BCUT2D eigenvalue weighted by Gasteiger charge is 2.20. The number of nitrogens with zero attached hydrogens (tertiary/aromatic N) is 4. The molecule has 0 spiro atoms. The summed E-state index contributed by atoms with van der Waals surface area (Å²) >= 11 is 2.35. The third-order valence-electron chi connectivity index (χ3n) is 4.50. The summed E-state index contributed by atoms with van der Waals surface area (Å²) in [5.74, 6) is 1.07. The van der Waals surface area contributed by atoms with Crippen LogP contribution < -0.4 is 17.3 Å². The van der Waals surface area contributed by atoms with E-state index in [2.05, 4.69) is 90.9 Å². The van der Waals surface area contributed by atoms with Gasteiger partial charge in [0.05, 0.1) is 5.52 Å². The van der Waals surface area contributed by atoms with Gasteiger partial charge in [-0.15, -0.1) is 0 Å². The summed E-state index contributed by atoms with van der Waals surface area (Å²) in [6.07, 6.45) is 1.68. The van der Waals surface area contributed by atoms with E-state index in [0.717, 1.165) is 49.4 Å². The Morgan fingerprint density at radius 2 is 1.68 bits per heavy atom. The van der Waals surface area contributed by atoms with Gasteiger partial charge in [-0.25, -0.2) is 9.97 Å². The highest BCUT2D eigenvalue weighted by Crippen LogP contribution is 2.25. The summed E-state index contributed by atoms with van der Waals surface area (Å²) < 4.78 is 1.22. The second kappa shape index (κ2) is 8.29. The lowest BCUT2D eigenvalue weighted by atomic mass is 10.2. The lowest BCUT2D eigenvalue weighted by Gasteiger charge is -2.35. The molecule has 1 aromatic heterocycles. The number of fused-ring (bicyclic) bond motifs is 1. The van der Waals surface area contributed by atoms with Gasteiger partial charge >= 0.3 is 0 Å². The molecule has 6 heteroatoms. The molecule has 0 unspecified atom stereocenters. The molecule has 0 bridgehead atoms. The summed E-state index contributed by atoms with van der Waals surface area (Å²) in [5, 5.41) is 1.15. The maximum Gasteiger partial charge on any atom is 0.140 e. The Morgan fingerprint density at radius 1 is 0.920 bits per heavy atom. The number of rotatable bonds is 3. The zero-order valence-corrected chi connectivity index (χ0v) is 16.7. The van der Waals surface area contributed by atoms with E-state index in [4.69, 9.17) is 0 Å². The van der Waals surface area contributed by atoms with Crippen molar-refractivity contribution in [3.05, 3.63) is 64.0 Å². The minimum absolute atomic E-state index is 0. The van der Waals surface area contributed by atoms with Crippen molar-refractivity contribution in [2.24, 2.45) is 0 Å². The van der Waals surface area contributed by atoms with Crippen molar-refractivity contribution < 1.29 is 12.4 Å². The van der Waals surface area contributed by atoms with Crippen LogP contribution in [0.25, 0.3) is 10.9 Å². The minimum atomic E-state index is 0. The molecule has 0 atom stereocenters. The molecule has 1 aliphatic rings. The second-order valence-electron chi connectivity index (χ2n) is 6.11. The van der Waals surface area contributed by atoms with Crippen molar-refractivity contribution in [3.63, 3.8) is 0 Å². The van der Waals surface area contributed by atoms with Gasteiger partial charge in [0.2, 0.25) is 0 Å². The summed E-state index contributed by atoms with van der Waals surface area (Å²) in [6, 6.07) is 17.1. The van der Waals surface area contributed by atoms with Gasteiger partial charge < -0.3 is 17.3 Å². The van der Waals surface area contributed by atoms with Crippen LogP contribution in [0.4, 0.5) is 5.82 Å². The van der Waals surface area contributed by atoms with Crippen LogP contribution in [0.2, 0.25) is 0 Å². The molecule has 0 amide bonds. The van der Waals surface area contributed by atoms with Crippen molar-refractivity contribution in [1.82, 2.24) is 14.9 Å². The maximum absolute atomic E-state index is 4.57. The van der Waals surface area contributed by atoms with Gasteiger partial charge in [-0.2, -0.15) is 0 Å². The SMILES string of the molecule is Ic1ccc2ncnc(N3CCN(Cc4ccccc4)CC3)c2c1.[Cl-]. The lowest BCUT2D eigenvalue weighted by molar-refractivity contribution is -0.00000474. The first-order valence-corrected chi connectivity index (χ1v) is 9.29. The van der Waals surface area contributed by atoms with E-state index in [0.29, 0.717) is 0 Å². The molecule has 0 radical (unpaired) electrons. The number of anilines is 1. The molecule has 2 aromatic carbocycles. The van der Waals surface area contributed by atoms with Gasteiger partial charge in [0.15, 0.2) is 0 Å². The fraction of sp³-hybridized carbons (Fsp3) is 0.263. The number of hydrogen-bond acceptors (Lipinski definition) is 4. The third-order valence-corrected chi connectivity index (χ3v) is 5.17. The molecule has 1 aliphatic heterocycles. The maximum atomic E-state index is 4.57. The Labute approximate surface area is 167 Å². The fourth-order valence-corrected chi connectivity index (χ4v) is 3.72. The van der Waals surface area contributed by atoms with E-state index in [1.807, 2.05) is 0 Å². The summed E-state index contributed by atoms with van der Waals surface area (Å²) in [5.41, 5.74) is 2.40. The highest BCUT2D eigenvalue weighted by atomic mass is 127. The van der Waals surface area contributed by atoms with Gasteiger partial charge in [-0.1, -0.05) is 30.3 Å². The van der Waals surface area contributed by atoms with Crippen molar-refractivity contribution in [1.29, 1.82) is 0 Å². The van der Waals surface area contributed by atoms with Gasteiger partial charge in [-0.05, 0) is 46.4 Å². The predicted octanol–water partition coefficient (Wildman–Crippen LogP) is 0.561. The largest absolute Gasteiger partial charge is 1.00 e. The quantitative estimate of drug-likeness (QED) is 0.529. The number of benzene rings is 2. The van der Waals surface area contributed by atoms with Crippen LogP contribution in [0.3, 0.4) is 0 Å². The third kappa shape index (κ3) is 4.22. The standard InChI is InChI=1S/C19H19IN4.ClH/c20-16-6-7-18-17(12-16)19(22-14-21-18)24-10-8-23(9-11-24)13-15-4-2-1-3-5-15;/h1-7,12,14H,8-11,13H2;1H/p-1. The van der Waals surface area contributed by atoms with Crippen LogP contribution in [0.5, 0.6) is 0 Å². The van der Waals surface area contributed by atoms with Gasteiger partial charge in [-0.3, -0.25) is 4.90 Å². The predicted molar refractivity (Wildman–Crippen MR) is 106 cm³/mol. The molecule has 0 saturated carbocycles. The van der Waals surface area contributed by atoms with Crippen molar-refractivity contribution >= 4 is 39.3 Å². The molecule has 0 aliphatic carbocycles. The molecular weight excluding hydrogens is 447 g/mol. The Hall–Kier alpha value is -1.44. The van der Waals surface area contributed by atoms with Crippen LogP contribution in [0, 0.1) is 3.57 Å². The van der Waals surface area contributed by atoms with Crippen LogP contribution in [0.1, 0.15) is 5.56 Å². The molecular formula is C19H19ClIN4-. The number of aromatic nitrogens is 2. The number of piperazine rings is 1. The van der Waals surface area contributed by atoms with E-state index < -0.39 is 0 Å². The topological polar surface area (TPSA) is 32.3 Å². The summed E-state index contributed by atoms with van der Waals surface area (Å²) in [4.78, 5) is 13.9. The molecule has 25 heavy (non-hydrogen) atoms. The summed E-state index contributed by atoms with van der Waals surface area (Å²) in [7, 11) is 0. The van der Waals surface area contributed by atoms with Crippen molar-refractivity contribution in [2.75, 3.05) is 31.1 Å². The minimum Gasteiger partial charge on any atom is -1.00 e. The molecule has 2 heterocycles. The van der Waals surface area contributed by atoms with E-state index >= 15 is 0 Å². The van der Waals surface area contributed by atoms with Crippen LogP contribution in [-0.2, 0) is 6.54 Å². The summed E-state index contributed by atoms with van der Waals surface area (Å²) in [6.45, 7) is 5.15. The zero-order valence-electron chi connectivity index (χ0n) is 13.8. The monoisotopic (exact) mass is 465 g/mol. The first kappa shape index (κ1) is 18.4. The van der Waals surface area contributed by atoms with Gasteiger partial charge in [0.1, 0.15) is 12.1 Å². The Balaban J connectivity index is 0.00000182. The molecule has 1 fully saturated rings. The number of halogens is 2. The molecule has 4 rings (SSSR count). The van der Waals surface area contributed by atoms with Gasteiger partial charge in [0.25, 0.3) is 0 Å². The van der Waals surface area contributed by atoms with Gasteiger partial charge in [0, 0.05) is 41.7 Å². The normalized spacial score (nSPS) is 15.2. The Kier molecular flexibility index (Phi) is 6.09. The average Bonchev–Trinajstić information content (AvgIpc) is 2.63. The molecule has 1 saturated heterocycles. The molecule has 4 nitrogen and oxygen atoms in total. The Bertz CT molecular complexity index is 835. The average molecular weight is 466 g/mol. The fourth-order valence-electron chi connectivity index (χ4n) is 3.23. The molecule has 130 valence electrons. The van der Waals surface area contributed by atoms with Crippen molar-refractivity contribution in [3.8, 4) is 0 Å². The van der Waals surface area contributed by atoms with Crippen molar-refractivity contribution in [2.45, 2.75) is 6.54 Å². The first-order chi connectivity index (χ1) is 11.8. The molecule has 0 N–H and O–H groups in total. The number of hydrogen-bond donors (Lipinski definition) is 0. The van der Waals surface area contributed by atoms with E-state index in [1.165, 1.54) is 9.13 Å². The van der Waals surface area contributed by atoms with Crippen LogP contribution in [-0.4, -0.2) is 41.0 Å². The second-order valence-corrected chi connectivity index (χ2v) is 7.35. The van der Waals surface area contributed by atoms with E-state index in [-0.39, 0.29) is 12.4 Å². The van der Waals surface area contributed by atoms with Crippen LogP contribution in [0.15, 0.2) is 54.9 Å². The van der Waals surface area contributed by atoms with E-state index in [9.17, 15) is 0 Å². The molecule has 3 aromatic rings. The zero-order chi connectivity index (χ0) is 16.4.